The van der Waals surface area contributed by atoms with Crippen LogP contribution in [0.1, 0.15) is 18.9 Å². The van der Waals surface area contributed by atoms with Gasteiger partial charge < -0.3 is 15.7 Å². The van der Waals surface area contributed by atoms with E-state index in [1.54, 1.807) is 43.8 Å². The Morgan fingerprint density at radius 2 is 2.05 bits per heavy atom. The first-order valence-corrected chi connectivity index (χ1v) is 8.59. The van der Waals surface area contributed by atoms with E-state index in [4.69, 9.17) is 11.6 Å². The first kappa shape index (κ1) is 18.8. The van der Waals surface area contributed by atoms with E-state index in [2.05, 4.69) is 10.6 Å². The molecule has 0 saturated heterocycles. The molecule has 1 aromatic carbocycles. The SMILES string of the molecule is CSCC[C@](C)(O)CNC(=O)C(=O)Nc1cccc(Cl)c1C. The molecular formula is C15H21ClN2O3S. The summed E-state index contributed by atoms with van der Waals surface area (Å²) in [5, 5.41) is 15.5. The number of hydrogen-bond acceptors (Lipinski definition) is 4. The summed E-state index contributed by atoms with van der Waals surface area (Å²) >= 11 is 7.57. The molecule has 1 rings (SSSR count). The Morgan fingerprint density at radius 1 is 1.36 bits per heavy atom. The fourth-order valence-electron chi connectivity index (χ4n) is 1.68. The Balaban J connectivity index is 2.55. The van der Waals surface area contributed by atoms with Gasteiger partial charge in [0, 0.05) is 17.3 Å². The Kier molecular flexibility index (Phi) is 7.19. The van der Waals surface area contributed by atoms with Gasteiger partial charge in [-0.05, 0) is 50.0 Å². The number of benzene rings is 1. The fraction of sp³-hybridized carbons (Fsp3) is 0.467. The number of thioether (sulfide) groups is 1. The number of halogens is 1. The number of carbonyl (C=O) groups excluding carboxylic acids is 2. The van der Waals surface area contributed by atoms with E-state index in [0.29, 0.717) is 22.7 Å². The zero-order valence-electron chi connectivity index (χ0n) is 12.9. The molecule has 0 heterocycles. The highest BCUT2D eigenvalue weighted by Gasteiger charge is 2.23. The van der Waals surface area contributed by atoms with Crippen LogP contribution < -0.4 is 10.6 Å². The second-order valence-corrected chi connectivity index (χ2v) is 6.68. The van der Waals surface area contributed by atoms with Crippen molar-refractivity contribution in [3.8, 4) is 0 Å². The average molecular weight is 345 g/mol. The molecular weight excluding hydrogens is 324 g/mol. The van der Waals surface area contributed by atoms with Gasteiger partial charge in [0.15, 0.2) is 0 Å². The van der Waals surface area contributed by atoms with Crippen LogP contribution in [0.15, 0.2) is 18.2 Å². The van der Waals surface area contributed by atoms with Gasteiger partial charge in [-0.1, -0.05) is 17.7 Å². The van der Waals surface area contributed by atoms with Gasteiger partial charge in [0.25, 0.3) is 0 Å². The molecule has 0 radical (unpaired) electrons. The van der Waals surface area contributed by atoms with Gasteiger partial charge >= 0.3 is 11.8 Å². The van der Waals surface area contributed by atoms with Gasteiger partial charge in [-0.15, -0.1) is 0 Å². The lowest BCUT2D eigenvalue weighted by molar-refractivity contribution is -0.136. The van der Waals surface area contributed by atoms with E-state index in [1.807, 2.05) is 6.26 Å². The molecule has 5 nitrogen and oxygen atoms in total. The van der Waals surface area contributed by atoms with Gasteiger partial charge in [0.1, 0.15) is 0 Å². The number of anilines is 1. The lowest BCUT2D eigenvalue weighted by Gasteiger charge is -2.23. The zero-order chi connectivity index (χ0) is 16.8. The number of amides is 2. The summed E-state index contributed by atoms with van der Waals surface area (Å²) in [4.78, 5) is 23.6. The number of nitrogens with one attached hydrogen (secondary N) is 2. The Labute approximate surface area is 139 Å². The van der Waals surface area contributed by atoms with Crippen LogP contribution in [0.25, 0.3) is 0 Å². The van der Waals surface area contributed by atoms with Crippen molar-refractivity contribution in [2.24, 2.45) is 0 Å². The number of aliphatic hydroxyl groups is 1. The maximum Gasteiger partial charge on any atom is 0.313 e. The quantitative estimate of drug-likeness (QED) is 0.691. The number of rotatable bonds is 6. The standard InChI is InChI=1S/C15H21ClN2O3S/c1-10-11(16)5-4-6-12(10)18-14(20)13(19)17-9-15(2,21)7-8-22-3/h4-6,21H,7-9H2,1-3H3,(H,17,19)(H,18,20)/t15-/m0/s1. The van der Waals surface area contributed by atoms with Crippen molar-refractivity contribution in [2.45, 2.75) is 25.9 Å². The largest absolute Gasteiger partial charge is 0.388 e. The molecule has 1 aromatic rings. The number of carbonyl (C=O) groups is 2. The maximum atomic E-state index is 11.9. The van der Waals surface area contributed by atoms with E-state index < -0.39 is 17.4 Å². The van der Waals surface area contributed by atoms with Crippen molar-refractivity contribution < 1.29 is 14.7 Å². The van der Waals surface area contributed by atoms with Crippen molar-refractivity contribution in [1.29, 1.82) is 0 Å². The molecule has 0 unspecified atom stereocenters. The minimum absolute atomic E-state index is 0.0222. The lowest BCUT2D eigenvalue weighted by Crippen LogP contribution is -2.45. The average Bonchev–Trinajstić information content (AvgIpc) is 2.47. The van der Waals surface area contributed by atoms with Gasteiger partial charge in [-0.3, -0.25) is 9.59 Å². The van der Waals surface area contributed by atoms with E-state index >= 15 is 0 Å². The van der Waals surface area contributed by atoms with Crippen molar-refractivity contribution in [3.05, 3.63) is 28.8 Å². The highest BCUT2D eigenvalue weighted by atomic mass is 35.5. The summed E-state index contributed by atoms with van der Waals surface area (Å²) in [6.07, 6.45) is 2.47. The molecule has 0 aliphatic heterocycles. The zero-order valence-corrected chi connectivity index (χ0v) is 14.5. The summed E-state index contributed by atoms with van der Waals surface area (Å²) < 4.78 is 0. The Hall–Kier alpha value is -1.24. The van der Waals surface area contributed by atoms with Gasteiger partial charge in [0.2, 0.25) is 0 Å². The monoisotopic (exact) mass is 344 g/mol. The van der Waals surface area contributed by atoms with Gasteiger partial charge in [-0.25, -0.2) is 0 Å². The minimum Gasteiger partial charge on any atom is -0.388 e. The minimum atomic E-state index is -1.04. The number of hydrogen-bond donors (Lipinski definition) is 3. The van der Waals surface area contributed by atoms with Crippen LogP contribution in [-0.4, -0.2) is 41.1 Å². The van der Waals surface area contributed by atoms with Crippen molar-refractivity contribution in [3.63, 3.8) is 0 Å². The third-order valence-electron chi connectivity index (χ3n) is 3.20. The van der Waals surface area contributed by atoms with Gasteiger partial charge in [0.05, 0.1) is 5.60 Å². The maximum absolute atomic E-state index is 11.9. The van der Waals surface area contributed by atoms with Crippen LogP contribution in [-0.2, 0) is 9.59 Å². The molecule has 1 atom stereocenters. The van der Waals surface area contributed by atoms with E-state index in [-0.39, 0.29) is 6.54 Å². The third-order valence-corrected chi connectivity index (χ3v) is 4.22. The van der Waals surface area contributed by atoms with Crippen molar-refractivity contribution in [2.75, 3.05) is 23.9 Å². The Bertz CT molecular complexity index is 550. The van der Waals surface area contributed by atoms with Crippen molar-refractivity contribution >= 4 is 40.9 Å². The summed E-state index contributed by atoms with van der Waals surface area (Å²) in [6, 6.07) is 5.06. The molecule has 0 fully saturated rings. The van der Waals surface area contributed by atoms with Crippen LogP contribution in [0.5, 0.6) is 0 Å². The normalized spacial score (nSPS) is 13.3. The molecule has 0 aromatic heterocycles. The molecule has 7 heteroatoms. The fourth-order valence-corrected chi connectivity index (χ4v) is 2.50. The second kappa shape index (κ2) is 8.41. The van der Waals surface area contributed by atoms with Crippen LogP contribution >= 0.6 is 23.4 Å². The smallest absolute Gasteiger partial charge is 0.313 e. The summed E-state index contributed by atoms with van der Waals surface area (Å²) in [5.74, 6) is -0.800. The molecule has 0 aliphatic rings. The van der Waals surface area contributed by atoms with Crippen LogP contribution in [0.3, 0.4) is 0 Å². The second-order valence-electron chi connectivity index (χ2n) is 5.29. The summed E-state index contributed by atoms with van der Waals surface area (Å²) in [5.41, 5.74) is 0.143. The van der Waals surface area contributed by atoms with Gasteiger partial charge in [-0.2, -0.15) is 11.8 Å². The molecule has 0 spiro atoms. The molecule has 0 bridgehead atoms. The molecule has 0 saturated carbocycles. The predicted octanol–water partition coefficient (Wildman–Crippen LogP) is 2.21. The van der Waals surface area contributed by atoms with E-state index in [0.717, 1.165) is 5.75 Å². The molecule has 22 heavy (non-hydrogen) atoms. The third kappa shape index (κ3) is 5.87. The highest BCUT2D eigenvalue weighted by molar-refractivity contribution is 7.98. The summed E-state index contributed by atoms with van der Waals surface area (Å²) in [6.45, 7) is 3.40. The predicted molar refractivity (Wildman–Crippen MR) is 91.5 cm³/mol. The topological polar surface area (TPSA) is 78.4 Å². The lowest BCUT2D eigenvalue weighted by atomic mass is 10.0. The van der Waals surface area contributed by atoms with Crippen LogP contribution in [0, 0.1) is 6.92 Å². The summed E-state index contributed by atoms with van der Waals surface area (Å²) in [7, 11) is 0. The highest BCUT2D eigenvalue weighted by Crippen LogP contribution is 2.22. The van der Waals surface area contributed by atoms with E-state index in [1.165, 1.54) is 0 Å². The molecule has 0 aliphatic carbocycles. The van der Waals surface area contributed by atoms with E-state index in [9.17, 15) is 14.7 Å². The first-order valence-electron chi connectivity index (χ1n) is 6.82. The molecule has 3 N–H and O–H groups in total. The molecule has 122 valence electrons. The Morgan fingerprint density at radius 3 is 2.68 bits per heavy atom. The van der Waals surface area contributed by atoms with Crippen LogP contribution in [0.2, 0.25) is 5.02 Å². The van der Waals surface area contributed by atoms with Crippen molar-refractivity contribution in [1.82, 2.24) is 5.32 Å². The van der Waals surface area contributed by atoms with Crippen LogP contribution in [0.4, 0.5) is 5.69 Å². The first-order chi connectivity index (χ1) is 10.3. The molecule has 2 amide bonds.